The monoisotopic (exact) mass is 754 g/mol. The zero-order valence-electron chi connectivity index (χ0n) is 28.9. The number of carbonyl (C=O) groups is 5. The molecular weight excluding hydrogens is 721 g/mol. The normalized spacial score (nSPS) is 11.2. The number of halogens is 4. The van der Waals surface area contributed by atoms with E-state index in [4.69, 9.17) is 30.5 Å². The third kappa shape index (κ3) is 9.13. The van der Waals surface area contributed by atoms with Gasteiger partial charge in [0.15, 0.2) is 5.75 Å². The molecule has 53 heavy (non-hydrogen) atoms. The van der Waals surface area contributed by atoms with Gasteiger partial charge in [-0.15, -0.1) is 0 Å². The first-order valence-electron chi connectivity index (χ1n) is 16.0. The molecule has 0 radical (unpaired) electrons. The molecule has 0 saturated heterocycles. The number of carbonyl (C=O) groups excluding carboxylic acids is 5. The van der Waals surface area contributed by atoms with E-state index in [1.165, 1.54) is 63.2 Å². The Morgan fingerprint density at radius 3 is 1.89 bits per heavy atom. The molecule has 0 aliphatic carbocycles. The SMILES string of the molecule is CCOC(=O)C(COC(=O)Oc1cc(C(=O)N(C)C)c(NC(=O)c2ccccc2-c2ccc(C(F)(F)F)cc2)cc1Cl)(C(=O)OCC)c1ccccc1. The number of nitrogens with zero attached hydrogens (tertiary/aromatic N) is 1. The number of esters is 2. The number of hydrogen-bond donors (Lipinski definition) is 1. The van der Waals surface area contributed by atoms with Crippen LogP contribution < -0.4 is 10.1 Å². The lowest BCUT2D eigenvalue weighted by atomic mass is 9.81. The number of rotatable bonds is 12. The van der Waals surface area contributed by atoms with Crippen LogP contribution in [0.4, 0.5) is 23.7 Å². The van der Waals surface area contributed by atoms with Gasteiger partial charge >= 0.3 is 24.3 Å². The van der Waals surface area contributed by atoms with Crippen LogP contribution in [0.15, 0.2) is 91.0 Å². The molecule has 0 saturated carbocycles. The van der Waals surface area contributed by atoms with Gasteiger partial charge in [-0.05, 0) is 60.9 Å². The summed E-state index contributed by atoms with van der Waals surface area (Å²) in [6, 6.07) is 20.4. The summed E-state index contributed by atoms with van der Waals surface area (Å²) < 4.78 is 60.4. The van der Waals surface area contributed by atoms with Crippen molar-refractivity contribution in [2.24, 2.45) is 0 Å². The topological polar surface area (TPSA) is 138 Å². The van der Waals surface area contributed by atoms with Gasteiger partial charge in [0.2, 0.25) is 5.41 Å². The van der Waals surface area contributed by atoms with Crippen LogP contribution in [0.2, 0.25) is 5.02 Å². The number of hydrogen-bond acceptors (Lipinski definition) is 9. The number of benzene rings is 4. The largest absolute Gasteiger partial charge is 0.513 e. The van der Waals surface area contributed by atoms with Gasteiger partial charge in [0.1, 0.15) is 6.61 Å². The Hall–Kier alpha value is -5.89. The standard InChI is InChI=1S/C38H34ClF3N2O9/c1-5-50-34(47)37(35(48)51-6-2,24-12-8-7-9-13-24)22-52-36(49)53-31-20-28(33(46)44(3)4)30(21-29(31)39)43-32(45)27-15-11-10-14-26(27)23-16-18-25(19-17-23)38(40,41)42/h7-21H,5-6,22H2,1-4H3,(H,43,45). The molecule has 0 aliphatic heterocycles. The second kappa shape index (κ2) is 17.1. The number of alkyl halides is 3. The fourth-order valence-electron chi connectivity index (χ4n) is 5.15. The van der Waals surface area contributed by atoms with Crippen LogP contribution in [0.1, 0.15) is 45.7 Å². The number of ether oxygens (including phenoxy) is 4. The Kier molecular flexibility index (Phi) is 12.9. The molecule has 4 aromatic rings. The number of nitrogens with one attached hydrogen (secondary N) is 1. The summed E-state index contributed by atoms with van der Waals surface area (Å²) in [5, 5.41) is 2.36. The minimum atomic E-state index is -4.55. The molecule has 0 aliphatic rings. The van der Waals surface area contributed by atoms with E-state index in [0.29, 0.717) is 11.1 Å². The van der Waals surface area contributed by atoms with Crippen molar-refractivity contribution in [3.63, 3.8) is 0 Å². The lowest BCUT2D eigenvalue weighted by Crippen LogP contribution is -2.50. The van der Waals surface area contributed by atoms with E-state index < -0.39 is 53.7 Å². The molecule has 1 N–H and O–H groups in total. The molecule has 0 aromatic heterocycles. The Morgan fingerprint density at radius 2 is 1.32 bits per heavy atom. The van der Waals surface area contributed by atoms with Crippen LogP contribution >= 0.6 is 11.6 Å². The second-order valence-corrected chi connectivity index (χ2v) is 11.9. The van der Waals surface area contributed by atoms with Crippen LogP contribution in [0.3, 0.4) is 0 Å². The van der Waals surface area contributed by atoms with Crippen molar-refractivity contribution in [1.29, 1.82) is 0 Å². The van der Waals surface area contributed by atoms with E-state index in [-0.39, 0.29) is 46.4 Å². The van der Waals surface area contributed by atoms with Crippen molar-refractivity contribution < 1.29 is 56.1 Å². The van der Waals surface area contributed by atoms with Gasteiger partial charge in [-0.25, -0.2) is 4.79 Å². The minimum Gasteiger partial charge on any atom is -0.465 e. The summed E-state index contributed by atoms with van der Waals surface area (Å²) in [5.41, 5.74) is -2.49. The highest BCUT2D eigenvalue weighted by Gasteiger charge is 2.52. The first-order chi connectivity index (χ1) is 25.1. The Balaban J connectivity index is 1.64. The molecule has 11 nitrogen and oxygen atoms in total. The van der Waals surface area contributed by atoms with E-state index in [0.717, 1.165) is 24.3 Å². The maximum Gasteiger partial charge on any atom is 0.513 e. The maximum atomic E-state index is 13.6. The maximum absolute atomic E-state index is 13.6. The van der Waals surface area contributed by atoms with Crippen molar-refractivity contribution in [3.8, 4) is 16.9 Å². The molecule has 0 unspecified atom stereocenters. The van der Waals surface area contributed by atoms with E-state index in [9.17, 15) is 37.1 Å². The Labute approximate surface area is 307 Å². The molecule has 0 spiro atoms. The lowest BCUT2D eigenvalue weighted by molar-refractivity contribution is -0.167. The summed E-state index contributed by atoms with van der Waals surface area (Å²) in [5.74, 6) is -3.81. The molecule has 15 heteroatoms. The van der Waals surface area contributed by atoms with Crippen LogP contribution in [-0.2, 0) is 35.4 Å². The average Bonchev–Trinajstić information content (AvgIpc) is 3.13. The van der Waals surface area contributed by atoms with Gasteiger partial charge in [-0.3, -0.25) is 19.2 Å². The molecular formula is C38H34ClF3N2O9. The average molecular weight is 755 g/mol. The van der Waals surface area contributed by atoms with Gasteiger partial charge in [0, 0.05) is 19.7 Å². The molecule has 4 aromatic carbocycles. The molecule has 278 valence electrons. The van der Waals surface area contributed by atoms with E-state index in [1.54, 1.807) is 36.4 Å². The van der Waals surface area contributed by atoms with Gasteiger partial charge in [-0.2, -0.15) is 13.2 Å². The fraction of sp³-hybridized carbons (Fsp3) is 0.237. The second-order valence-electron chi connectivity index (χ2n) is 11.5. The van der Waals surface area contributed by atoms with Crippen molar-refractivity contribution >= 4 is 47.2 Å². The molecule has 0 fully saturated rings. The zero-order valence-corrected chi connectivity index (χ0v) is 29.7. The fourth-order valence-corrected chi connectivity index (χ4v) is 5.35. The van der Waals surface area contributed by atoms with Crippen LogP contribution in [0.5, 0.6) is 5.75 Å². The molecule has 4 rings (SSSR count). The third-order valence-corrected chi connectivity index (χ3v) is 8.06. The number of anilines is 1. The molecule has 2 amide bonds. The van der Waals surface area contributed by atoms with Gasteiger partial charge in [0.05, 0.1) is 35.1 Å². The third-order valence-electron chi connectivity index (χ3n) is 7.77. The molecule has 0 heterocycles. The summed E-state index contributed by atoms with van der Waals surface area (Å²) >= 11 is 6.46. The van der Waals surface area contributed by atoms with Crippen molar-refractivity contribution in [2.45, 2.75) is 25.4 Å². The van der Waals surface area contributed by atoms with E-state index >= 15 is 0 Å². The highest BCUT2D eigenvalue weighted by molar-refractivity contribution is 6.33. The van der Waals surface area contributed by atoms with Gasteiger partial charge in [0.25, 0.3) is 11.8 Å². The van der Waals surface area contributed by atoms with Crippen LogP contribution in [0.25, 0.3) is 11.1 Å². The number of amides is 2. The zero-order chi connectivity index (χ0) is 38.9. The quantitative estimate of drug-likeness (QED) is 0.0672. The van der Waals surface area contributed by atoms with Gasteiger partial charge < -0.3 is 29.2 Å². The summed E-state index contributed by atoms with van der Waals surface area (Å²) in [6.45, 7) is 1.98. The Morgan fingerprint density at radius 1 is 0.736 bits per heavy atom. The summed E-state index contributed by atoms with van der Waals surface area (Å²) in [4.78, 5) is 67.7. The smallest absolute Gasteiger partial charge is 0.465 e. The first-order valence-corrected chi connectivity index (χ1v) is 16.4. The predicted octanol–water partition coefficient (Wildman–Crippen LogP) is 7.56. The van der Waals surface area contributed by atoms with E-state index in [1.807, 2.05) is 0 Å². The minimum absolute atomic E-state index is 0.0700. The summed E-state index contributed by atoms with van der Waals surface area (Å²) in [6.07, 6.45) is -5.96. The van der Waals surface area contributed by atoms with Gasteiger partial charge in [-0.1, -0.05) is 72.3 Å². The Bertz CT molecular complexity index is 1970. The van der Waals surface area contributed by atoms with Crippen molar-refractivity contribution in [1.82, 2.24) is 4.90 Å². The molecule has 0 atom stereocenters. The van der Waals surface area contributed by atoms with Crippen LogP contribution in [-0.4, -0.2) is 68.7 Å². The lowest BCUT2D eigenvalue weighted by Gasteiger charge is -2.28. The van der Waals surface area contributed by atoms with E-state index in [2.05, 4.69) is 5.32 Å². The predicted molar refractivity (Wildman–Crippen MR) is 188 cm³/mol. The van der Waals surface area contributed by atoms with Crippen molar-refractivity contribution in [3.05, 3.63) is 118 Å². The van der Waals surface area contributed by atoms with Crippen molar-refractivity contribution in [2.75, 3.05) is 39.2 Å². The first kappa shape index (κ1) is 39.9. The van der Waals surface area contributed by atoms with Crippen LogP contribution in [0, 0.1) is 0 Å². The summed E-state index contributed by atoms with van der Waals surface area (Å²) in [7, 11) is 2.87. The molecule has 0 bridgehead atoms. The highest BCUT2D eigenvalue weighted by Crippen LogP contribution is 2.35. The highest BCUT2D eigenvalue weighted by atomic mass is 35.5.